The summed E-state index contributed by atoms with van der Waals surface area (Å²) >= 11 is 0. The molecule has 2 aromatic heterocycles. The van der Waals surface area contributed by atoms with E-state index in [-0.39, 0.29) is 0 Å². The van der Waals surface area contributed by atoms with Crippen molar-refractivity contribution in [1.82, 2.24) is 14.5 Å². The average molecular weight is 377 g/mol. The monoisotopic (exact) mass is 377 g/mol. The molecule has 0 spiro atoms. The van der Waals surface area contributed by atoms with E-state index in [9.17, 15) is 5.11 Å². The summed E-state index contributed by atoms with van der Waals surface area (Å²) in [4.78, 5) is 8.91. The molecule has 1 atom stereocenters. The molecule has 0 bridgehead atoms. The third-order valence-electron chi connectivity index (χ3n) is 5.30. The van der Waals surface area contributed by atoms with Crippen molar-refractivity contribution in [3.05, 3.63) is 61.2 Å². The summed E-state index contributed by atoms with van der Waals surface area (Å²) in [6, 6.07) is 14.1. The van der Waals surface area contributed by atoms with Crippen LogP contribution in [0.3, 0.4) is 0 Å². The van der Waals surface area contributed by atoms with Crippen molar-refractivity contribution in [2.45, 2.75) is 50.9 Å². The predicted molar refractivity (Wildman–Crippen MR) is 110 cm³/mol. The molecule has 4 rings (SSSR count). The van der Waals surface area contributed by atoms with Gasteiger partial charge < -0.3 is 14.4 Å². The van der Waals surface area contributed by atoms with E-state index in [4.69, 9.17) is 4.74 Å². The number of hydrogen-bond donors (Lipinski definition) is 1. The highest BCUT2D eigenvalue weighted by Gasteiger charge is 2.19. The van der Waals surface area contributed by atoms with Gasteiger partial charge in [0.1, 0.15) is 0 Å². The standard InChI is InChI=1S/C23H27N3O2/c27-20(16-28-21-11-5-2-6-12-21)15-26-17-25-22(18-8-3-1-4-9-18)23(26)19-10-7-13-24-14-19/h1,3-4,7-10,13-14,17,20-21,27H,2,5-6,11-12,15-16H2/t20-/m0/s1. The zero-order valence-corrected chi connectivity index (χ0v) is 16.1. The molecule has 1 saturated carbocycles. The third-order valence-corrected chi connectivity index (χ3v) is 5.30. The van der Waals surface area contributed by atoms with Gasteiger partial charge in [-0.15, -0.1) is 0 Å². The Kier molecular flexibility index (Phi) is 6.14. The van der Waals surface area contributed by atoms with Gasteiger partial charge in [0.05, 0.1) is 43.1 Å². The summed E-state index contributed by atoms with van der Waals surface area (Å²) < 4.78 is 7.97. The number of benzene rings is 1. The van der Waals surface area contributed by atoms with E-state index in [1.165, 1.54) is 19.3 Å². The van der Waals surface area contributed by atoms with E-state index in [0.717, 1.165) is 35.4 Å². The van der Waals surface area contributed by atoms with Gasteiger partial charge in [0, 0.05) is 23.5 Å². The van der Waals surface area contributed by atoms with Crippen LogP contribution in [0.15, 0.2) is 61.2 Å². The van der Waals surface area contributed by atoms with Crippen molar-refractivity contribution in [2.24, 2.45) is 0 Å². The van der Waals surface area contributed by atoms with Gasteiger partial charge in [-0.3, -0.25) is 4.98 Å². The second-order valence-corrected chi connectivity index (χ2v) is 7.45. The van der Waals surface area contributed by atoms with Gasteiger partial charge >= 0.3 is 0 Å². The van der Waals surface area contributed by atoms with Gasteiger partial charge in [-0.05, 0) is 25.0 Å². The van der Waals surface area contributed by atoms with Crippen LogP contribution in [0, 0.1) is 0 Å². The third kappa shape index (κ3) is 4.49. The zero-order chi connectivity index (χ0) is 19.2. The molecule has 5 nitrogen and oxygen atoms in total. The Morgan fingerprint density at radius 3 is 2.57 bits per heavy atom. The van der Waals surface area contributed by atoms with Crippen molar-refractivity contribution < 1.29 is 9.84 Å². The van der Waals surface area contributed by atoms with Crippen LogP contribution in [-0.2, 0) is 11.3 Å². The van der Waals surface area contributed by atoms with E-state index in [1.54, 1.807) is 12.5 Å². The molecule has 1 aliphatic carbocycles. The molecule has 1 fully saturated rings. The molecule has 28 heavy (non-hydrogen) atoms. The number of ether oxygens (including phenoxy) is 1. The molecule has 1 aromatic carbocycles. The average Bonchev–Trinajstić information content (AvgIpc) is 3.17. The maximum atomic E-state index is 10.6. The molecule has 0 unspecified atom stereocenters. The fourth-order valence-corrected chi connectivity index (χ4v) is 3.89. The molecule has 146 valence electrons. The first kappa shape index (κ1) is 18.8. The fourth-order valence-electron chi connectivity index (χ4n) is 3.89. The first-order valence-corrected chi connectivity index (χ1v) is 10.1. The van der Waals surface area contributed by atoms with Crippen molar-refractivity contribution >= 4 is 0 Å². The molecule has 0 aliphatic heterocycles. The van der Waals surface area contributed by atoms with E-state index in [2.05, 4.69) is 22.1 Å². The number of hydrogen-bond acceptors (Lipinski definition) is 4. The predicted octanol–water partition coefficient (Wildman–Crippen LogP) is 4.32. The number of pyridine rings is 1. The number of aliphatic hydroxyl groups excluding tert-OH is 1. The van der Waals surface area contributed by atoms with Gasteiger partial charge in [-0.1, -0.05) is 49.6 Å². The molecule has 1 N–H and O–H groups in total. The molecular formula is C23H27N3O2. The molecule has 3 aromatic rings. The molecule has 2 heterocycles. The van der Waals surface area contributed by atoms with Gasteiger partial charge in [0.25, 0.3) is 0 Å². The minimum absolute atomic E-state index is 0.295. The highest BCUT2D eigenvalue weighted by atomic mass is 16.5. The summed E-state index contributed by atoms with van der Waals surface area (Å²) in [5.41, 5.74) is 3.90. The highest BCUT2D eigenvalue weighted by molar-refractivity contribution is 5.78. The number of nitrogens with zero attached hydrogens (tertiary/aromatic N) is 3. The van der Waals surface area contributed by atoms with Crippen LogP contribution in [0.4, 0.5) is 0 Å². The van der Waals surface area contributed by atoms with Crippen molar-refractivity contribution in [3.63, 3.8) is 0 Å². The van der Waals surface area contributed by atoms with Crippen LogP contribution in [0.2, 0.25) is 0 Å². The van der Waals surface area contributed by atoms with Gasteiger partial charge in [-0.2, -0.15) is 0 Å². The van der Waals surface area contributed by atoms with Crippen LogP contribution in [-0.4, -0.2) is 38.5 Å². The Morgan fingerprint density at radius 1 is 1.04 bits per heavy atom. The van der Waals surface area contributed by atoms with Crippen LogP contribution in [0.25, 0.3) is 22.5 Å². The van der Waals surface area contributed by atoms with Crippen LogP contribution >= 0.6 is 0 Å². The van der Waals surface area contributed by atoms with Crippen LogP contribution in [0.5, 0.6) is 0 Å². The largest absolute Gasteiger partial charge is 0.389 e. The molecule has 0 saturated heterocycles. The van der Waals surface area contributed by atoms with Gasteiger partial charge in [-0.25, -0.2) is 4.98 Å². The summed E-state index contributed by atoms with van der Waals surface area (Å²) in [5.74, 6) is 0. The SMILES string of the molecule is O[C@H](COC1CCCCC1)Cn1cnc(-c2ccccc2)c1-c1cccnc1. The van der Waals surface area contributed by atoms with E-state index < -0.39 is 6.10 Å². The fraction of sp³-hybridized carbons (Fsp3) is 0.391. The maximum absolute atomic E-state index is 10.6. The topological polar surface area (TPSA) is 60.2 Å². The highest BCUT2D eigenvalue weighted by Crippen LogP contribution is 2.31. The second-order valence-electron chi connectivity index (χ2n) is 7.45. The summed E-state index contributed by atoms with van der Waals surface area (Å²) in [6.45, 7) is 0.798. The quantitative estimate of drug-likeness (QED) is 0.666. The Hall–Kier alpha value is -2.50. The van der Waals surface area contributed by atoms with Crippen molar-refractivity contribution in [3.8, 4) is 22.5 Å². The lowest BCUT2D eigenvalue weighted by Gasteiger charge is -2.23. The van der Waals surface area contributed by atoms with Crippen LogP contribution < -0.4 is 0 Å². The minimum Gasteiger partial charge on any atom is -0.389 e. The Labute approximate surface area is 166 Å². The van der Waals surface area contributed by atoms with E-state index in [1.807, 2.05) is 41.1 Å². The first-order valence-electron chi connectivity index (χ1n) is 10.1. The Morgan fingerprint density at radius 2 is 1.82 bits per heavy atom. The molecular weight excluding hydrogens is 350 g/mol. The summed E-state index contributed by atoms with van der Waals surface area (Å²) in [5, 5.41) is 10.6. The molecule has 0 amide bonds. The van der Waals surface area contributed by atoms with Crippen molar-refractivity contribution in [1.29, 1.82) is 0 Å². The smallest absolute Gasteiger partial charge is 0.0963 e. The number of imidazole rings is 1. The maximum Gasteiger partial charge on any atom is 0.0963 e. The van der Waals surface area contributed by atoms with Gasteiger partial charge in [0.2, 0.25) is 0 Å². The zero-order valence-electron chi connectivity index (χ0n) is 16.1. The number of rotatable bonds is 7. The normalized spacial score (nSPS) is 16.2. The summed E-state index contributed by atoms with van der Waals surface area (Å²) in [7, 11) is 0. The first-order chi connectivity index (χ1) is 13.8. The number of aliphatic hydroxyl groups is 1. The second kappa shape index (κ2) is 9.13. The molecule has 5 heteroatoms. The van der Waals surface area contributed by atoms with Gasteiger partial charge in [0.15, 0.2) is 0 Å². The van der Waals surface area contributed by atoms with E-state index >= 15 is 0 Å². The Bertz CT molecular complexity index is 858. The Balaban J connectivity index is 1.54. The van der Waals surface area contributed by atoms with E-state index in [0.29, 0.717) is 19.3 Å². The lowest BCUT2D eigenvalue weighted by Crippen LogP contribution is -2.26. The minimum atomic E-state index is -0.574. The lowest BCUT2D eigenvalue weighted by molar-refractivity contribution is -0.0282. The number of aromatic nitrogens is 3. The van der Waals surface area contributed by atoms with Crippen LogP contribution in [0.1, 0.15) is 32.1 Å². The molecule has 0 radical (unpaired) electrons. The molecule has 1 aliphatic rings. The lowest BCUT2D eigenvalue weighted by atomic mass is 9.98. The van der Waals surface area contributed by atoms with Crippen molar-refractivity contribution in [2.75, 3.05) is 6.61 Å². The summed E-state index contributed by atoms with van der Waals surface area (Å²) in [6.07, 6.45) is 11.1.